The minimum absolute atomic E-state index is 0.202. The Morgan fingerprint density at radius 2 is 1.65 bits per heavy atom. The normalized spacial score (nSPS) is 30.9. The molecule has 7 heteroatoms. The highest BCUT2D eigenvalue weighted by Gasteiger charge is 2.50. The van der Waals surface area contributed by atoms with Crippen molar-refractivity contribution < 1.29 is 4.79 Å². The van der Waals surface area contributed by atoms with E-state index >= 15 is 0 Å². The molecule has 0 unspecified atom stereocenters. The van der Waals surface area contributed by atoms with Gasteiger partial charge in [-0.2, -0.15) is 4.98 Å². The molecule has 5 fully saturated rings. The predicted molar refractivity (Wildman–Crippen MR) is 133 cm³/mol. The van der Waals surface area contributed by atoms with Crippen LogP contribution < -0.4 is 10.2 Å². The van der Waals surface area contributed by atoms with E-state index in [1.165, 1.54) is 38.5 Å². The van der Waals surface area contributed by atoms with Crippen LogP contribution in [0.1, 0.15) is 38.5 Å². The minimum Gasteiger partial charge on any atom is -0.354 e. The van der Waals surface area contributed by atoms with Crippen LogP contribution in [-0.4, -0.2) is 64.4 Å². The first-order valence-electron chi connectivity index (χ1n) is 13.1. The molecule has 34 heavy (non-hydrogen) atoms. The van der Waals surface area contributed by atoms with Crippen molar-refractivity contribution in [1.82, 2.24) is 24.6 Å². The molecule has 2 aromatic heterocycles. The second-order valence-electron chi connectivity index (χ2n) is 11.5. The second kappa shape index (κ2) is 7.94. The molecule has 1 N–H and O–H groups in total. The summed E-state index contributed by atoms with van der Waals surface area (Å²) in [6, 6.07) is 10.2. The number of para-hydroxylation sites is 2. The third-order valence-corrected chi connectivity index (χ3v) is 9.05. The van der Waals surface area contributed by atoms with Crippen molar-refractivity contribution in [1.29, 1.82) is 0 Å². The first-order chi connectivity index (χ1) is 16.6. The summed E-state index contributed by atoms with van der Waals surface area (Å²) < 4.78 is 2.04. The topological polar surface area (TPSA) is 65.8 Å². The minimum atomic E-state index is 0.202. The molecular formula is C27H34N6O. The summed E-state index contributed by atoms with van der Waals surface area (Å²) in [4.78, 5) is 26.9. The monoisotopic (exact) mass is 458 g/mol. The number of anilines is 1. The Hall–Kier alpha value is -2.67. The molecule has 8 rings (SSSR count). The van der Waals surface area contributed by atoms with Gasteiger partial charge in [0.2, 0.25) is 11.7 Å². The second-order valence-corrected chi connectivity index (χ2v) is 11.5. The number of carbonyl (C=O) groups is 1. The van der Waals surface area contributed by atoms with Crippen LogP contribution in [0.15, 0.2) is 36.5 Å². The lowest BCUT2D eigenvalue weighted by atomic mass is 9.49. The number of nitrogens with zero attached hydrogens (tertiary/aromatic N) is 5. The van der Waals surface area contributed by atoms with Gasteiger partial charge >= 0.3 is 0 Å². The number of nitrogens with one attached hydrogen (secondary N) is 1. The van der Waals surface area contributed by atoms with Crippen LogP contribution in [0.2, 0.25) is 0 Å². The summed E-state index contributed by atoms with van der Waals surface area (Å²) in [7, 11) is 0. The SMILES string of the molecule is O=C(CN1CCN(c2ccn3c(n2)nc2ccccc23)CC1)NCC12CC3CC(CC(C3)C1)C2. The van der Waals surface area contributed by atoms with Gasteiger partial charge < -0.3 is 10.2 Å². The van der Waals surface area contributed by atoms with Crippen LogP contribution in [0.4, 0.5) is 5.82 Å². The van der Waals surface area contributed by atoms with Gasteiger partial charge in [-0.1, -0.05) is 12.1 Å². The van der Waals surface area contributed by atoms with E-state index in [0.29, 0.717) is 12.0 Å². The Morgan fingerprint density at radius 1 is 0.941 bits per heavy atom. The highest BCUT2D eigenvalue weighted by atomic mass is 16.2. The number of hydrogen-bond acceptors (Lipinski definition) is 5. The number of fused-ring (bicyclic) bond motifs is 3. The summed E-state index contributed by atoms with van der Waals surface area (Å²) in [5.41, 5.74) is 2.46. The molecule has 3 heterocycles. The van der Waals surface area contributed by atoms with Crippen LogP contribution in [0.3, 0.4) is 0 Å². The summed E-state index contributed by atoms with van der Waals surface area (Å²) in [6.45, 7) is 4.94. The maximum Gasteiger partial charge on any atom is 0.236 e. The van der Waals surface area contributed by atoms with E-state index in [4.69, 9.17) is 4.98 Å². The Kier molecular flexibility index (Phi) is 4.83. The number of carbonyl (C=O) groups excluding carboxylic acids is 1. The molecule has 5 aliphatic rings. The van der Waals surface area contributed by atoms with Crippen LogP contribution in [0, 0.1) is 23.2 Å². The van der Waals surface area contributed by atoms with Gasteiger partial charge in [-0.25, -0.2) is 4.98 Å². The van der Waals surface area contributed by atoms with Gasteiger partial charge in [-0.3, -0.25) is 14.1 Å². The molecule has 3 aromatic rings. The smallest absolute Gasteiger partial charge is 0.236 e. The highest BCUT2D eigenvalue weighted by molar-refractivity contribution is 5.79. The van der Waals surface area contributed by atoms with Crippen LogP contribution in [0.5, 0.6) is 0 Å². The molecule has 1 aromatic carbocycles. The zero-order chi connectivity index (χ0) is 22.7. The van der Waals surface area contributed by atoms with Crippen molar-refractivity contribution in [3.63, 3.8) is 0 Å². The predicted octanol–water partition coefficient (Wildman–Crippen LogP) is 3.34. The molecule has 4 bridgehead atoms. The van der Waals surface area contributed by atoms with E-state index < -0.39 is 0 Å². The van der Waals surface area contributed by atoms with E-state index in [1.807, 2.05) is 22.6 Å². The molecule has 4 saturated carbocycles. The van der Waals surface area contributed by atoms with E-state index in [0.717, 1.165) is 73.1 Å². The fraction of sp³-hybridized carbons (Fsp3) is 0.593. The molecule has 7 nitrogen and oxygen atoms in total. The third kappa shape index (κ3) is 3.65. The van der Waals surface area contributed by atoms with Gasteiger partial charge in [0, 0.05) is 38.9 Å². The van der Waals surface area contributed by atoms with Gasteiger partial charge in [0.15, 0.2) is 0 Å². The van der Waals surface area contributed by atoms with E-state index in [-0.39, 0.29) is 5.91 Å². The van der Waals surface area contributed by atoms with E-state index in [9.17, 15) is 4.79 Å². The van der Waals surface area contributed by atoms with Crippen molar-refractivity contribution in [3.05, 3.63) is 36.5 Å². The number of rotatable bonds is 5. The maximum absolute atomic E-state index is 12.8. The number of amides is 1. The summed E-state index contributed by atoms with van der Waals surface area (Å²) >= 11 is 0. The zero-order valence-corrected chi connectivity index (χ0v) is 19.8. The average Bonchev–Trinajstić information content (AvgIpc) is 3.20. The van der Waals surface area contributed by atoms with Crippen molar-refractivity contribution in [2.24, 2.45) is 23.2 Å². The molecule has 0 atom stereocenters. The number of imidazole rings is 1. The molecule has 0 radical (unpaired) electrons. The lowest BCUT2D eigenvalue weighted by Crippen LogP contribution is -2.53. The molecular weight excluding hydrogens is 424 g/mol. The highest BCUT2D eigenvalue weighted by Crippen LogP contribution is 2.59. The van der Waals surface area contributed by atoms with E-state index in [2.05, 4.69) is 38.4 Å². The Morgan fingerprint density at radius 3 is 2.38 bits per heavy atom. The number of benzene rings is 1. The van der Waals surface area contributed by atoms with Gasteiger partial charge in [-0.05, 0) is 79.9 Å². The van der Waals surface area contributed by atoms with Gasteiger partial charge in [-0.15, -0.1) is 0 Å². The molecule has 1 amide bonds. The van der Waals surface area contributed by atoms with Crippen molar-refractivity contribution in [2.75, 3.05) is 44.2 Å². The van der Waals surface area contributed by atoms with Crippen molar-refractivity contribution in [3.8, 4) is 0 Å². The molecule has 4 aliphatic carbocycles. The zero-order valence-electron chi connectivity index (χ0n) is 19.8. The number of piperazine rings is 1. The maximum atomic E-state index is 12.8. The lowest BCUT2D eigenvalue weighted by molar-refractivity contribution is -0.124. The summed E-state index contributed by atoms with van der Waals surface area (Å²) in [5.74, 6) is 4.71. The fourth-order valence-corrected chi connectivity index (χ4v) is 7.90. The Balaban J connectivity index is 0.937. The van der Waals surface area contributed by atoms with Crippen LogP contribution in [-0.2, 0) is 4.79 Å². The summed E-state index contributed by atoms with van der Waals surface area (Å²) in [6.07, 6.45) is 10.5. The van der Waals surface area contributed by atoms with Crippen LogP contribution >= 0.6 is 0 Å². The Labute approximate surface area is 200 Å². The average molecular weight is 459 g/mol. The number of hydrogen-bond donors (Lipinski definition) is 1. The third-order valence-electron chi connectivity index (χ3n) is 9.05. The van der Waals surface area contributed by atoms with Crippen molar-refractivity contribution in [2.45, 2.75) is 38.5 Å². The van der Waals surface area contributed by atoms with Gasteiger partial charge in [0.05, 0.1) is 17.6 Å². The Bertz CT molecular complexity index is 1190. The van der Waals surface area contributed by atoms with Crippen molar-refractivity contribution >= 4 is 28.5 Å². The van der Waals surface area contributed by atoms with E-state index in [1.54, 1.807) is 0 Å². The largest absolute Gasteiger partial charge is 0.354 e. The quantitative estimate of drug-likeness (QED) is 0.635. The molecule has 1 saturated heterocycles. The summed E-state index contributed by atoms with van der Waals surface area (Å²) in [5, 5.41) is 3.35. The first-order valence-corrected chi connectivity index (χ1v) is 13.1. The number of aromatic nitrogens is 3. The molecule has 1 aliphatic heterocycles. The molecule has 0 spiro atoms. The standard InChI is InChI=1S/C27H34N6O/c34-25(28-18-27-14-19-11-20(15-27)13-21(12-19)16-27)17-31-7-9-32(10-8-31)24-5-6-33-23-4-2-1-3-22(23)29-26(33)30-24/h1-6,19-21H,7-18H2,(H,28,34). The van der Waals surface area contributed by atoms with Gasteiger partial charge in [0.1, 0.15) is 5.82 Å². The van der Waals surface area contributed by atoms with Gasteiger partial charge in [0.25, 0.3) is 0 Å². The lowest BCUT2D eigenvalue weighted by Gasteiger charge is -2.57. The van der Waals surface area contributed by atoms with Crippen LogP contribution in [0.25, 0.3) is 16.8 Å². The molecule has 178 valence electrons. The fourth-order valence-electron chi connectivity index (χ4n) is 7.90. The first kappa shape index (κ1) is 20.7.